The van der Waals surface area contributed by atoms with Crippen LogP contribution in [0.25, 0.3) is 0 Å². The zero-order valence-electron chi connectivity index (χ0n) is 11.9. The Bertz CT molecular complexity index is 572. The predicted molar refractivity (Wildman–Crippen MR) is 77.7 cm³/mol. The van der Waals surface area contributed by atoms with Crippen molar-refractivity contribution < 1.29 is 22.7 Å². The van der Waals surface area contributed by atoms with E-state index >= 15 is 0 Å². The van der Waals surface area contributed by atoms with Crippen molar-refractivity contribution in [3.63, 3.8) is 0 Å². The van der Waals surface area contributed by atoms with E-state index in [0.717, 1.165) is 11.8 Å². The summed E-state index contributed by atoms with van der Waals surface area (Å²) < 4.78 is 33.7. The Labute approximate surface area is 124 Å². The van der Waals surface area contributed by atoms with Crippen LogP contribution in [0.15, 0.2) is 30.3 Å². The average molecular weight is 313 g/mol. The number of sulfone groups is 1. The first-order valence-corrected chi connectivity index (χ1v) is 8.64. The van der Waals surface area contributed by atoms with Gasteiger partial charge in [-0.1, -0.05) is 30.3 Å². The van der Waals surface area contributed by atoms with Crippen LogP contribution in [0.3, 0.4) is 0 Å². The number of rotatable bonds is 3. The first-order chi connectivity index (χ1) is 9.97. The fourth-order valence-electron chi connectivity index (χ4n) is 2.01. The van der Waals surface area contributed by atoms with Crippen LogP contribution < -0.4 is 0 Å². The molecule has 7 heteroatoms. The van der Waals surface area contributed by atoms with E-state index in [1.165, 1.54) is 4.90 Å². The summed E-state index contributed by atoms with van der Waals surface area (Å²) in [7, 11) is -3.26. The van der Waals surface area contributed by atoms with Crippen molar-refractivity contribution >= 4 is 15.9 Å². The quantitative estimate of drug-likeness (QED) is 0.834. The summed E-state index contributed by atoms with van der Waals surface area (Å²) in [6, 6.07) is 9.33. The van der Waals surface area contributed by atoms with Crippen molar-refractivity contribution in [2.24, 2.45) is 0 Å². The molecule has 1 heterocycles. The van der Waals surface area contributed by atoms with Gasteiger partial charge in [-0.2, -0.15) is 0 Å². The second kappa shape index (κ2) is 6.91. The minimum absolute atomic E-state index is 0.104. The molecule has 0 bridgehead atoms. The fourth-order valence-corrected chi connectivity index (χ4v) is 2.81. The molecule has 0 spiro atoms. The molecular formula is C14H19NO5S. The number of carbonyl (C=O) groups excluding carboxylic acids is 1. The van der Waals surface area contributed by atoms with E-state index < -0.39 is 21.2 Å². The largest absolute Gasteiger partial charge is 0.445 e. The third kappa shape index (κ3) is 4.71. The molecule has 1 aliphatic rings. The first kappa shape index (κ1) is 15.8. The predicted octanol–water partition coefficient (Wildman–Crippen LogP) is 1.07. The molecule has 0 aliphatic carbocycles. The van der Waals surface area contributed by atoms with E-state index in [0.29, 0.717) is 13.2 Å². The lowest BCUT2D eigenvalue weighted by Gasteiger charge is -2.22. The Morgan fingerprint density at radius 2 is 2.10 bits per heavy atom. The highest BCUT2D eigenvalue weighted by Gasteiger charge is 2.29. The molecule has 1 fully saturated rings. The van der Waals surface area contributed by atoms with E-state index in [4.69, 9.17) is 9.47 Å². The molecule has 1 saturated heterocycles. The van der Waals surface area contributed by atoms with E-state index in [-0.39, 0.29) is 19.8 Å². The molecule has 1 aliphatic heterocycles. The van der Waals surface area contributed by atoms with Crippen LogP contribution in [-0.2, 0) is 25.9 Å². The molecule has 1 unspecified atom stereocenters. The minimum Gasteiger partial charge on any atom is -0.445 e. The highest BCUT2D eigenvalue weighted by molar-refractivity contribution is 7.91. The highest BCUT2D eigenvalue weighted by atomic mass is 32.2. The standard InChI is InChI=1S/C14H19NO5S/c1-21(17,18)13-9-15(7-8-19-11-13)14(16)20-10-12-5-3-2-4-6-12/h2-6,13H,7-11H2,1H3. The summed E-state index contributed by atoms with van der Waals surface area (Å²) >= 11 is 0. The molecule has 1 aromatic rings. The van der Waals surface area contributed by atoms with E-state index in [1.54, 1.807) is 0 Å². The van der Waals surface area contributed by atoms with E-state index in [1.807, 2.05) is 30.3 Å². The summed E-state index contributed by atoms with van der Waals surface area (Å²) in [5.74, 6) is 0. The van der Waals surface area contributed by atoms with Crippen molar-refractivity contribution in [2.75, 3.05) is 32.6 Å². The molecule has 0 radical (unpaired) electrons. The molecule has 116 valence electrons. The third-order valence-electron chi connectivity index (χ3n) is 3.30. The van der Waals surface area contributed by atoms with Crippen molar-refractivity contribution in [3.05, 3.63) is 35.9 Å². The van der Waals surface area contributed by atoms with Gasteiger partial charge in [0.2, 0.25) is 0 Å². The summed E-state index contributed by atoms with van der Waals surface area (Å²) in [6.07, 6.45) is 0.637. The number of carbonyl (C=O) groups is 1. The van der Waals surface area contributed by atoms with Gasteiger partial charge in [0.05, 0.1) is 13.2 Å². The van der Waals surface area contributed by atoms with Gasteiger partial charge in [-0.15, -0.1) is 0 Å². The van der Waals surface area contributed by atoms with Crippen LogP contribution >= 0.6 is 0 Å². The lowest BCUT2D eigenvalue weighted by molar-refractivity contribution is 0.0917. The SMILES string of the molecule is CS(=O)(=O)C1COCCN(C(=O)OCc2ccccc2)C1. The van der Waals surface area contributed by atoms with Gasteiger partial charge < -0.3 is 14.4 Å². The molecule has 21 heavy (non-hydrogen) atoms. The first-order valence-electron chi connectivity index (χ1n) is 6.69. The van der Waals surface area contributed by atoms with Gasteiger partial charge >= 0.3 is 6.09 Å². The van der Waals surface area contributed by atoms with Gasteiger partial charge in [-0.25, -0.2) is 13.2 Å². The number of hydrogen-bond donors (Lipinski definition) is 0. The summed E-state index contributed by atoms with van der Waals surface area (Å²) in [6.45, 7) is 1.03. The van der Waals surface area contributed by atoms with Crippen molar-refractivity contribution in [1.29, 1.82) is 0 Å². The summed E-state index contributed by atoms with van der Waals surface area (Å²) in [5.41, 5.74) is 0.886. The van der Waals surface area contributed by atoms with Gasteiger partial charge in [0.25, 0.3) is 0 Å². The lowest BCUT2D eigenvalue weighted by Crippen LogP contribution is -2.40. The maximum Gasteiger partial charge on any atom is 0.410 e. The van der Waals surface area contributed by atoms with Crippen molar-refractivity contribution in [2.45, 2.75) is 11.9 Å². The van der Waals surface area contributed by atoms with Crippen LogP contribution in [0, 0.1) is 0 Å². The van der Waals surface area contributed by atoms with Gasteiger partial charge in [0, 0.05) is 19.3 Å². The van der Waals surface area contributed by atoms with E-state index in [9.17, 15) is 13.2 Å². The van der Waals surface area contributed by atoms with Gasteiger partial charge in [0.1, 0.15) is 11.9 Å². The zero-order chi connectivity index (χ0) is 15.3. The van der Waals surface area contributed by atoms with E-state index in [2.05, 4.69) is 0 Å². The Morgan fingerprint density at radius 1 is 1.38 bits per heavy atom. The number of hydrogen-bond acceptors (Lipinski definition) is 5. The smallest absolute Gasteiger partial charge is 0.410 e. The number of benzene rings is 1. The molecule has 6 nitrogen and oxygen atoms in total. The van der Waals surface area contributed by atoms with Crippen molar-refractivity contribution in [1.82, 2.24) is 4.90 Å². The van der Waals surface area contributed by atoms with Gasteiger partial charge in [-0.3, -0.25) is 0 Å². The lowest BCUT2D eigenvalue weighted by atomic mass is 10.2. The normalized spacial score (nSPS) is 19.9. The summed E-state index contributed by atoms with van der Waals surface area (Å²) in [4.78, 5) is 13.4. The molecule has 1 atom stereocenters. The number of nitrogens with zero attached hydrogens (tertiary/aromatic N) is 1. The summed E-state index contributed by atoms with van der Waals surface area (Å²) in [5, 5.41) is -0.704. The maximum absolute atomic E-state index is 12.1. The molecule has 0 aromatic heterocycles. The minimum atomic E-state index is -3.26. The molecular weight excluding hydrogens is 294 g/mol. The van der Waals surface area contributed by atoms with Crippen LogP contribution in [0.1, 0.15) is 5.56 Å². The van der Waals surface area contributed by atoms with Gasteiger partial charge in [-0.05, 0) is 5.56 Å². The zero-order valence-corrected chi connectivity index (χ0v) is 12.7. The van der Waals surface area contributed by atoms with Crippen LogP contribution in [0.2, 0.25) is 0 Å². The maximum atomic E-state index is 12.1. The third-order valence-corrected chi connectivity index (χ3v) is 4.80. The Kier molecular flexibility index (Phi) is 5.19. The monoisotopic (exact) mass is 313 g/mol. The van der Waals surface area contributed by atoms with Crippen LogP contribution in [-0.4, -0.2) is 57.2 Å². The Balaban J connectivity index is 1.94. The number of amides is 1. The molecule has 1 aromatic carbocycles. The molecule has 0 saturated carbocycles. The number of ether oxygens (including phenoxy) is 2. The topological polar surface area (TPSA) is 72.9 Å². The second-order valence-corrected chi connectivity index (χ2v) is 7.34. The molecule has 1 amide bonds. The average Bonchev–Trinajstić information content (AvgIpc) is 2.71. The molecule has 2 rings (SSSR count). The van der Waals surface area contributed by atoms with Crippen LogP contribution in [0.5, 0.6) is 0 Å². The van der Waals surface area contributed by atoms with Crippen LogP contribution in [0.4, 0.5) is 4.79 Å². The Morgan fingerprint density at radius 3 is 2.76 bits per heavy atom. The van der Waals surface area contributed by atoms with Crippen molar-refractivity contribution in [3.8, 4) is 0 Å². The van der Waals surface area contributed by atoms with Gasteiger partial charge in [0.15, 0.2) is 9.84 Å². The molecule has 0 N–H and O–H groups in total. The second-order valence-electron chi connectivity index (χ2n) is 5.01. The highest BCUT2D eigenvalue weighted by Crippen LogP contribution is 2.10. The Hall–Kier alpha value is -1.60. The fraction of sp³-hybridized carbons (Fsp3) is 0.500.